The summed E-state index contributed by atoms with van der Waals surface area (Å²) >= 11 is 5.14. The largest absolute Gasteiger partial charge is 0.378 e. The van der Waals surface area contributed by atoms with Gasteiger partial charge in [-0.3, -0.25) is 4.79 Å². The minimum absolute atomic E-state index is 0.0197. The van der Waals surface area contributed by atoms with Gasteiger partial charge in [0.15, 0.2) is 5.69 Å². The van der Waals surface area contributed by atoms with Gasteiger partial charge >= 0.3 is 0 Å². The van der Waals surface area contributed by atoms with Crippen molar-refractivity contribution < 1.29 is 9.42 Å². The maximum Gasteiger partial charge on any atom is 0.294 e. The highest BCUT2D eigenvalue weighted by Gasteiger charge is 2.25. The molecule has 0 aliphatic carbocycles. The van der Waals surface area contributed by atoms with Gasteiger partial charge in [-0.15, -0.1) is 16.4 Å². The van der Waals surface area contributed by atoms with Gasteiger partial charge in [0.05, 0.1) is 10.0 Å². The van der Waals surface area contributed by atoms with E-state index in [4.69, 9.17) is 5.73 Å². The second-order valence-corrected chi connectivity index (χ2v) is 8.89. The van der Waals surface area contributed by atoms with E-state index in [-0.39, 0.29) is 17.3 Å². The smallest absolute Gasteiger partial charge is 0.294 e. The van der Waals surface area contributed by atoms with Gasteiger partial charge in [-0.25, -0.2) is 10.1 Å². The number of nitrogen functional groups attached to an aromatic ring is 1. The molecule has 0 saturated carbocycles. The summed E-state index contributed by atoms with van der Waals surface area (Å²) in [5.74, 6) is -0.393. The fourth-order valence-electron chi connectivity index (χ4n) is 3.14. The molecule has 158 valence electrons. The average molecular weight is 509 g/mol. The first kappa shape index (κ1) is 20.0. The van der Waals surface area contributed by atoms with Gasteiger partial charge in [-0.05, 0) is 32.3 Å². The van der Waals surface area contributed by atoms with Crippen molar-refractivity contribution in [2.45, 2.75) is 0 Å². The van der Waals surface area contributed by atoms with E-state index in [0.29, 0.717) is 11.3 Å². The molecule has 3 N–H and O–H groups in total. The fourth-order valence-corrected chi connectivity index (χ4v) is 4.88. The summed E-state index contributed by atoms with van der Waals surface area (Å²) < 4.78 is 8.01. The molecule has 1 amide bonds. The van der Waals surface area contributed by atoms with Gasteiger partial charge in [0, 0.05) is 21.2 Å². The Balaban J connectivity index is 1.49. The molecule has 0 saturated heterocycles. The third-order valence-corrected chi connectivity index (χ3v) is 6.46. The van der Waals surface area contributed by atoms with E-state index in [1.54, 1.807) is 17.6 Å². The minimum Gasteiger partial charge on any atom is -0.378 e. The number of amides is 1. The number of thiophene rings is 1. The molecule has 2 aromatic carbocycles. The van der Waals surface area contributed by atoms with Crippen molar-refractivity contribution in [1.82, 2.24) is 30.7 Å². The lowest BCUT2D eigenvalue weighted by atomic mass is 10.1. The molecule has 0 fully saturated rings. The van der Waals surface area contributed by atoms with Crippen molar-refractivity contribution >= 4 is 55.3 Å². The average Bonchev–Trinajstić information content (AvgIpc) is 3.51. The molecule has 0 aliphatic rings. The molecule has 5 aromatic rings. The van der Waals surface area contributed by atoms with Crippen LogP contribution in [0.5, 0.6) is 0 Å². The molecule has 0 atom stereocenters. The molecular weight excluding hydrogens is 496 g/mol. The van der Waals surface area contributed by atoms with Crippen molar-refractivity contribution in [2.24, 2.45) is 5.10 Å². The number of halogens is 1. The second-order valence-electron chi connectivity index (χ2n) is 6.52. The first-order valence-electron chi connectivity index (χ1n) is 9.23. The monoisotopic (exact) mass is 508 g/mol. The molecule has 0 radical (unpaired) electrons. The van der Waals surface area contributed by atoms with Crippen LogP contribution in [-0.2, 0) is 0 Å². The number of carbonyl (C=O) groups excluding carboxylic acids is 1. The number of aromatic nitrogens is 5. The van der Waals surface area contributed by atoms with E-state index in [0.717, 1.165) is 19.4 Å². The Morgan fingerprint density at radius 2 is 1.94 bits per heavy atom. The van der Waals surface area contributed by atoms with Crippen LogP contribution in [0, 0.1) is 0 Å². The maximum absolute atomic E-state index is 12.9. The molecule has 5 rings (SSSR count). The number of fused-ring (bicyclic) bond motifs is 1. The summed E-state index contributed by atoms with van der Waals surface area (Å²) in [4.78, 5) is 12.9. The first-order valence-corrected chi connectivity index (χ1v) is 10.8. The van der Waals surface area contributed by atoms with E-state index in [9.17, 15) is 4.79 Å². The number of nitrogens with zero attached hydrogens (tertiary/aromatic N) is 6. The number of anilines is 1. The molecule has 32 heavy (non-hydrogen) atoms. The van der Waals surface area contributed by atoms with Gasteiger partial charge in [0.2, 0.25) is 11.6 Å². The lowest BCUT2D eigenvalue weighted by Gasteiger charge is -2.05. The Bertz CT molecular complexity index is 1460. The summed E-state index contributed by atoms with van der Waals surface area (Å²) in [6.45, 7) is 0. The summed E-state index contributed by atoms with van der Waals surface area (Å²) in [6.07, 6.45) is 1.59. The zero-order valence-corrected chi connectivity index (χ0v) is 18.5. The van der Waals surface area contributed by atoms with Crippen LogP contribution in [0.2, 0.25) is 0 Å². The van der Waals surface area contributed by atoms with Crippen LogP contribution in [0.25, 0.3) is 27.2 Å². The van der Waals surface area contributed by atoms with Crippen molar-refractivity contribution in [3.63, 3.8) is 0 Å². The number of benzene rings is 2. The van der Waals surface area contributed by atoms with Crippen LogP contribution in [0.1, 0.15) is 16.1 Å². The normalized spacial score (nSPS) is 11.4. The highest BCUT2D eigenvalue weighted by Crippen LogP contribution is 2.34. The SMILES string of the molecule is Nc1nonc1-n1nnc(C(=O)N/N=C\c2c(Br)sc3ccccc23)c1-c1ccccc1. The molecule has 0 spiro atoms. The number of rotatable bonds is 5. The minimum atomic E-state index is -0.544. The quantitative estimate of drug-likeness (QED) is 0.273. The number of hydrazone groups is 1. The van der Waals surface area contributed by atoms with Crippen LogP contribution in [0.3, 0.4) is 0 Å². The zero-order chi connectivity index (χ0) is 22.1. The van der Waals surface area contributed by atoms with Gasteiger partial charge < -0.3 is 5.73 Å². The lowest BCUT2D eigenvalue weighted by Crippen LogP contribution is -2.19. The molecule has 3 aromatic heterocycles. The Labute approximate surface area is 192 Å². The van der Waals surface area contributed by atoms with Crippen LogP contribution in [0.15, 0.2) is 68.1 Å². The van der Waals surface area contributed by atoms with E-state index in [1.807, 2.05) is 54.6 Å². The molecule has 0 bridgehead atoms. The van der Waals surface area contributed by atoms with Crippen molar-refractivity contribution in [2.75, 3.05) is 5.73 Å². The van der Waals surface area contributed by atoms with Crippen LogP contribution in [-0.4, -0.2) is 37.4 Å². The van der Waals surface area contributed by atoms with Gasteiger partial charge in [0.1, 0.15) is 5.69 Å². The Morgan fingerprint density at radius 1 is 1.16 bits per heavy atom. The number of carbonyl (C=O) groups is 1. The predicted octanol–water partition coefficient (Wildman–Crippen LogP) is 3.64. The molecule has 0 unspecified atom stereocenters. The van der Waals surface area contributed by atoms with Gasteiger partial charge in [-0.2, -0.15) is 9.78 Å². The standard InChI is InChI=1S/C20H13BrN8O2S/c21-17-13(12-8-4-5-9-14(12)32-17)10-23-25-20(30)15-16(11-6-2-1-3-7-11)29(28-24-15)19-18(22)26-31-27-19/h1-10H,(H2,22,26)(H,25,30)/b23-10-. The fraction of sp³-hybridized carbons (Fsp3) is 0. The van der Waals surface area contributed by atoms with Crippen LogP contribution in [0.4, 0.5) is 5.82 Å². The number of nitrogens with two attached hydrogens (primary N) is 1. The second kappa shape index (κ2) is 8.32. The van der Waals surface area contributed by atoms with E-state index < -0.39 is 5.91 Å². The number of hydrogen-bond acceptors (Lipinski definition) is 9. The van der Waals surface area contributed by atoms with Crippen LogP contribution < -0.4 is 11.2 Å². The molecule has 0 aliphatic heterocycles. The molecular formula is C20H13BrN8O2S. The Hall–Kier alpha value is -3.90. The van der Waals surface area contributed by atoms with E-state index in [2.05, 4.69) is 51.7 Å². The lowest BCUT2D eigenvalue weighted by molar-refractivity contribution is 0.0950. The van der Waals surface area contributed by atoms with E-state index >= 15 is 0 Å². The van der Waals surface area contributed by atoms with Gasteiger partial charge in [0.25, 0.3) is 5.91 Å². The first-order chi connectivity index (χ1) is 15.6. The van der Waals surface area contributed by atoms with Gasteiger partial charge in [-0.1, -0.05) is 53.7 Å². The molecule has 10 nitrogen and oxygen atoms in total. The van der Waals surface area contributed by atoms with Crippen molar-refractivity contribution in [3.05, 3.63) is 69.6 Å². The Morgan fingerprint density at radius 3 is 2.72 bits per heavy atom. The Kier molecular flexibility index (Phi) is 5.21. The third kappa shape index (κ3) is 3.55. The summed E-state index contributed by atoms with van der Waals surface area (Å²) in [5.41, 5.74) is 10.3. The highest BCUT2D eigenvalue weighted by atomic mass is 79.9. The van der Waals surface area contributed by atoms with Crippen molar-refractivity contribution in [3.8, 4) is 17.1 Å². The maximum atomic E-state index is 12.9. The third-order valence-electron chi connectivity index (χ3n) is 4.58. The van der Waals surface area contributed by atoms with Crippen molar-refractivity contribution in [1.29, 1.82) is 0 Å². The van der Waals surface area contributed by atoms with E-state index in [1.165, 1.54) is 4.68 Å². The summed E-state index contributed by atoms with van der Waals surface area (Å²) in [6, 6.07) is 17.1. The molecule has 3 heterocycles. The number of nitrogens with one attached hydrogen (secondary N) is 1. The van der Waals surface area contributed by atoms with Crippen LogP contribution >= 0.6 is 27.3 Å². The highest BCUT2D eigenvalue weighted by molar-refractivity contribution is 9.11. The summed E-state index contributed by atoms with van der Waals surface area (Å²) in [7, 11) is 0. The molecule has 12 heteroatoms. The number of hydrogen-bond donors (Lipinski definition) is 2. The topological polar surface area (TPSA) is 137 Å². The predicted molar refractivity (Wildman–Crippen MR) is 124 cm³/mol. The summed E-state index contributed by atoms with van der Waals surface area (Å²) in [5, 5.41) is 20.6. The zero-order valence-electron chi connectivity index (χ0n) is 16.1.